The van der Waals surface area contributed by atoms with Gasteiger partial charge in [0.05, 0.1) is 4.99 Å². The fourth-order valence-corrected chi connectivity index (χ4v) is 3.13. The number of carboxylic acid groups (broad SMARTS) is 1. The normalized spacial score (nSPS) is 17.2. The molecule has 0 aromatic heterocycles. The van der Waals surface area contributed by atoms with Gasteiger partial charge in [0, 0.05) is 16.9 Å². The molecule has 0 radical (unpaired) electrons. The van der Waals surface area contributed by atoms with Gasteiger partial charge in [0.1, 0.15) is 0 Å². The molecule has 1 amide bonds. The monoisotopic (exact) mass is 320 g/mol. The molecule has 1 aromatic rings. The van der Waals surface area contributed by atoms with Crippen LogP contribution in [-0.4, -0.2) is 21.7 Å². The van der Waals surface area contributed by atoms with Crippen molar-refractivity contribution in [1.82, 2.24) is 0 Å². The number of carbonyl (C=O) groups is 1. The summed E-state index contributed by atoms with van der Waals surface area (Å²) in [6.45, 7) is 10.0. The van der Waals surface area contributed by atoms with E-state index in [1.54, 1.807) is 0 Å². The third-order valence-electron chi connectivity index (χ3n) is 4.10. The molecule has 1 aromatic carbocycles. The third kappa shape index (κ3) is 3.24. The van der Waals surface area contributed by atoms with Crippen LogP contribution < -0.4 is 10.2 Å². The zero-order valence-electron chi connectivity index (χ0n) is 13.9. The lowest BCUT2D eigenvalue weighted by molar-refractivity contribution is 0.195. The Balaban J connectivity index is 2.55. The van der Waals surface area contributed by atoms with Gasteiger partial charge in [0.2, 0.25) is 0 Å². The standard InChI is InChI=1S/C17H24N2O2S/c1-16(2,3)19(15(20)21)11-6-7-12-13(10-11)18-14(22)8-9-17(12,4)5/h6-7,10H,8-9H2,1-5H3,(H,18,22)(H,20,21). The summed E-state index contributed by atoms with van der Waals surface area (Å²) in [7, 11) is 0. The molecule has 4 nitrogen and oxygen atoms in total. The molecule has 5 heteroatoms. The van der Waals surface area contributed by atoms with Crippen molar-refractivity contribution in [3.05, 3.63) is 23.8 Å². The van der Waals surface area contributed by atoms with E-state index in [0.717, 1.165) is 23.5 Å². The van der Waals surface area contributed by atoms with Crippen molar-refractivity contribution >= 4 is 34.7 Å². The molecule has 22 heavy (non-hydrogen) atoms. The Morgan fingerprint density at radius 1 is 1.36 bits per heavy atom. The molecule has 0 unspecified atom stereocenters. The molecule has 0 saturated heterocycles. The number of rotatable bonds is 1. The Labute approximate surface area is 137 Å². The first-order valence-electron chi connectivity index (χ1n) is 7.50. The lowest BCUT2D eigenvalue weighted by Gasteiger charge is -2.34. The van der Waals surface area contributed by atoms with Crippen molar-refractivity contribution < 1.29 is 9.90 Å². The summed E-state index contributed by atoms with van der Waals surface area (Å²) < 4.78 is 0. The van der Waals surface area contributed by atoms with Crippen LogP contribution in [0.4, 0.5) is 16.2 Å². The average Bonchev–Trinajstić information content (AvgIpc) is 2.44. The van der Waals surface area contributed by atoms with E-state index in [1.807, 2.05) is 39.0 Å². The number of benzene rings is 1. The van der Waals surface area contributed by atoms with Gasteiger partial charge < -0.3 is 10.4 Å². The van der Waals surface area contributed by atoms with Crippen LogP contribution in [0.5, 0.6) is 0 Å². The average molecular weight is 320 g/mol. The summed E-state index contributed by atoms with van der Waals surface area (Å²) in [5, 5.41) is 12.8. The van der Waals surface area contributed by atoms with Crippen LogP contribution in [-0.2, 0) is 5.41 Å². The van der Waals surface area contributed by atoms with Gasteiger partial charge in [-0.05, 0) is 56.7 Å². The first-order chi connectivity index (χ1) is 10.0. The second kappa shape index (κ2) is 5.54. The number of hydrogen-bond acceptors (Lipinski definition) is 2. The van der Waals surface area contributed by atoms with Crippen molar-refractivity contribution in [3.8, 4) is 0 Å². The fraction of sp³-hybridized carbons (Fsp3) is 0.529. The van der Waals surface area contributed by atoms with Crippen LogP contribution in [0.1, 0.15) is 53.0 Å². The molecule has 1 aliphatic rings. The Hall–Kier alpha value is -1.62. The van der Waals surface area contributed by atoms with Gasteiger partial charge in [0.25, 0.3) is 0 Å². The van der Waals surface area contributed by atoms with Gasteiger partial charge >= 0.3 is 6.09 Å². The number of hydrogen-bond donors (Lipinski definition) is 2. The molecule has 0 aliphatic carbocycles. The van der Waals surface area contributed by atoms with Crippen molar-refractivity contribution in [2.75, 3.05) is 10.2 Å². The highest BCUT2D eigenvalue weighted by molar-refractivity contribution is 7.80. The highest BCUT2D eigenvalue weighted by atomic mass is 32.1. The summed E-state index contributed by atoms with van der Waals surface area (Å²) in [6, 6.07) is 5.80. The van der Waals surface area contributed by atoms with E-state index in [0.29, 0.717) is 5.69 Å². The third-order valence-corrected chi connectivity index (χ3v) is 4.41. The highest BCUT2D eigenvalue weighted by Gasteiger charge is 2.31. The van der Waals surface area contributed by atoms with Crippen LogP contribution in [0.3, 0.4) is 0 Å². The van der Waals surface area contributed by atoms with Gasteiger partial charge in [0.15, 0.2) is 0 Å². The Kier molecular flexibility index (Phi) is 4.22. The van der Waals surface area contributed by atoms with Crippen molar-refractivity contribution in [1.29, 1.82) is 0 Å². The molecule has 2 N–H and O–H groups in total. The Morgan fingerprint density at radius 2 is 2.00 bits per heavy atom. The van der Waals surface area contributed by atoms with Crippen molar-refractivity contribution in [3.63, 3.8) is 0 Å². The quantitative estimate of drug-likeness (QED) is 0.731. The minimum atomic E-state index is -0.956. The maximum Gasteiger partial charge on any atom is 0.412 e. The molecule has 0 saturated carbocycles. The molecule has 120 valence electrons. The van der Waals surface area contributed by atoms with E-state index in [9.17, 15) is 9.90 Å². The summed E-state index contributed by atoms with van der Waals surface area (Å²) >= 11 is 5.36. The lowest BCUT2D eigenvalue weighted by Crippen LogP contribution is -2.45. The van der Waals surface area contributed by atoms with Crippen molar-refractivity contribution in [2.24, 2.45) is 0 Å². The smallest absolute Gasteiger partial charge is 0.412 e. The molecule has 0 spiro atoms. The number of amides is 1. The van der Waals surface area contributed by atoms with Gasteiger partial charge in [-0.15, -0.1) is 0 Å². The summed E-state index contributed by atoms with van der Waals surface area (Å²) in [5.41, 5.74) is 2.25. The minimum Gasteiger partial charge on any atom is -0.465 e. The maximum atomic E-state index is 11.7. The van der Waals surface area contributed by atoms with Crippen LogP contribution in [0.15, 0.2) is 18.2 Å². The largest absolute Gasteiger partial charge is 0.465 e. The van der Waals surface area contributed by atoms with E-state index in [-0.39, 0.29) is 5.41 Å². The van der Waals surface area contributed by atoms with Gasteiger partial charge in [-0.25, -0.2) is 4.79 Å². The van der Waals surface area contributed by atoms with Crippen LogP contribution in [0.2, 0.25) is 0 Å². The minimum absolute atomic E-state index is 0.0111. The number of fused-ring (bicyclic) bond motifs is 1. The Morgan fingerprint density at radius 3 is 2.55 bits per heavy atom. The van der Waals surface area contributed by atoms with E-state index in [1.165, 1.54) is 10.5 Å². The first-order valence-corrected chi connectivity index (χ1v) is 7.91. The molecule has 0 fully saturated rings. The SMILES string of the molecule is CC1(C)CCC(=S)Nc2cc(N(C(=O)O)C(C)(C)C)ccc21. The number of thiocarbonyl (C=S) groups is 1. The van der Waals surface area contributed by atoms with Crippen molar-refractivity contribution in [2.45, 2.75) is 58.4 Å². The summed E-state index contributed by atoms with van der Waals surface area (Å²) in [6.07, 6.45) is 0.865. The second-order valence-electron chi connectivity index (χ2n) is 7.45. The van der Waals surface area contributed by atoms with E-state index < -0.39 is 11.6 Å². The van der Waals surface area contributed by atoms with E-state index >= 15 is 0 Å². The van der Waals surface area contributed by atoms with Crippen LogP contribution in [0, 0.1) is 0 Å². The molecule has 0 bridgehead atoms. The van der Waals surface area contributed by atoms with Crippen LogP contribution >= 0.6 is 12.2 Å². The Bertz CT molecular complexity index is 618. The highest BCUT2D eigenvalue weighted by Crippen LogP contribution is 2.39. The van der Waals surface area contributed by atoms with Gasteiger partial charge in [-0.1, -0.05) is 32.1 Å². The first kappa shape index (κ1) is 16.7. The molecular formula is C17H24N2O2S. The molecular weight excluding hydrogens is 296 g/mol. The predicted molar refractivity (Wildman–Crippen MR) is 95.2 cm³/mol. The molecule has 0 atom stereocenters. The van der Waals surface area contributed by atoms with Gasteiger partial charge in [-0.2, -0.15) is 0 Å². The summed E-state index contributed by atoms with van der Waals surface area (Å²) in [4.78, 5) is 13.8. The van der Waals surface area contributed by atoms with E-state index in [2.05, 4.69) is 19.2 Å². The topological polar surface area (TPSA) is 52.6 Å². The lowest BCUT2D eigenvalue weighted by atomic mass is 9.80. The summed E-state index contributed by atoms with van der Waals surface area (Å²) in [5.74, 6) is 0. The predicted octanol–water partition coefficient (Wildman–Crippen LogP) is 4.78. The number of anilines is 2. The van der Waals surface area contributed by atoms with E-state index in [4.69, 9.17) is 12.2 Å². The van der Waals surface area contributed by atoms with Gasteiger partial charge in [-0.3, -0.25) is 4.90 Å². The fourth-order valence-electron chi connectivity index (χ4n) is 2.92. The second-order valence-corrected chi connectivity index (χ2v) is 7.94. The number of nitrogens with one attached hydrogen (secondary N) is 1. The number of nitrogens with zero attached hydrogens (tertiary/aromatic N) is 1. The maximum absolute atomic E-state index is 11.7. The molecule has 2 rings (SSSR count). The zero-order chi connectivity index (χ0) is 16.7. The molecule has 1 aliphatic heterocycles. The zero-order valence-corrected chi connectivity index (χ0v) is 14.7. The van der Waals surface area contributed by atoms with Crippen LogP contribution in [0.25, 0.3) is 0 Å². The molecule has 1 heterocycles.